The Morgan fingerprint density at radius 3 is 2.75 bits per heavy atom. The van der Waals surface area contributed by atoms with Gasteiger partial charge in [0.25, 0.3) is 0 Å². The van der Waals surface area contributed by atoms with Crippen LogP contribution in [-0.2, 0) is 14.3 Å². The SMILES string of the molecule is COC1OCC(O)C(C=O)C1O. The van der Waals surface area contributed by atoms with Crippen LogP contribution < -0.4 is 0 Å². The summed E-state index contributed by atoms with van der Waals surface area (Å²) in [6.07, 6.45) is -2.33. The van der Waals surface area contributed by atoms with Crippen LogP contribution in [0.4, 0.5) is 0 Å². The Hall–Kier alpha value is -0.490. The fraction of sp³-hybridized carbons (Fsp3) is 0.857. The number of aliphatic hydroxyl groups is 2. The molecule has 4 unspecified atom stereocenters. The number of aliphatic hydroxyl groups excluding tert-OH is 2. The van der Waals surface area contributed by atoms with E-state index in [4.69, 9.17) is 9.47 Å². The van der Waals surface area contributed by atoms with Crippen molar-refractivity contribution < 1.29 is 24.5 Å². The zero-order valence-corrected chi connectivity index (χ0v) is 6.71. The average molecular weight is 176 g/mol. The normalized spacial score (nSPS) is 42.6. The Balaban J connectivity index is 2.62. The van der Waals surface area contributed by atoms with E-state index in [0.717, 1.165) is 0 Å². The van der Waals surface area contributed by atoms with Crippen molar-refractivity contribution in [1.82, 2.24) is 0 Å². The highest BCUT2D eigenvalue weighted by Crippen LogP contribution is 2.19. The van der Waals surface area contributed by atoms with Gasteiger partial charge in [0.05, 0.1) is 18.6 Å². The summed E-state index contributed by atoms with van der Waals surface area (Å²) in [6, 6.07) is 0. The third kappa shape index (κ3) is 1.64. The fourth-order valence-corrected chi connectivity index (χ4v) is 1.19. The van der Waals surface area contributed by atoms with Crippen molar-refractivity contribution in [3.63, 3.8) is 0 Å². The summed E-state index contributed by atoms with van der Waals surface area (Å²) >= 11 is 0. The van der Waals surface area contributed by atoms with E-state index in [9.17, 15) is 15.0 Å². The maximum atomic E-state index is 10.4. The molecule has 1 rings (SSSR count). The van der Waals surface area contributed by atoms with Gasteiger partial charge >= 0.3 is 0 Å². The largest absolute Gasteiger partial charge is 0.390 e. The van der Waals surface area contributed by atoms with E-state index in [1.807, 2.05) is 0 Å². The molecule has 0 aromatic rings. The highest BCUT2D eigenvalue weighted by molar-refractivity contribution is 5.55. The van der Waals surface area contributed by atoms with Crippen molar-refractivity contribution in [2.24, 2.45) is 5.92 Å². The Morgan fingerprint density at radius 1 is 1.58 bits per heavy atom. The predicted molar refractivity (Wildman–Crippen MR) is 38.3 cm³/mol. The molecule has 0 radical (unpaired) electrons. The van der Waals surface area contributed by atoms with Crippen molar-refractivity contribution in [1.29, 1.82) is 0 Å². The smallest absolute Gasteiger partial charge is 0.183 e. The third-order valence-corrected chi connectivity index (χ3v) is 1.94. The number of methoxy groups -OCH3 is 1. The molecule has 4 atom stereocenters. The second-order valence-corrected chi connectivity index (χ2v) is 2.71. The van der Waals surface area contributed by atoms with E-state index in [2.05, 4.69) is 0 Å². The Bertz CT molecular complexity index is 160. The molecule has 0 amide bonds. The zero-order chi connectivity index (χ0) is 9.14. The number of ether oxygens (including phenoxy) is 2. The first kappa shape index (κ1) is 9.60. The minimum Gasteiger partial charge on any atom is -0.390 e. The molecule has 12 heavy (non-hydrogen) atoms. The number of aldehydes is 1. The Morgan fingerprint density at radius 2 is 2.25 bits per heavy atom. The van der Waals surface area contributed by atoms with E-state index < -0.39 is 24.4 Å². The van der Waals surface area contributed by atoms with E-state index in [-0.39, 0.29) is 6.61 Å². The van der Waals surface area contributed by atoms with Gasteiger partial charge in [0.2, 0.25) is 0 Å². The molecule has 0 bridgehead atoms. The van der Waals surface area contributed by atoms with Crippen molar-refractivity contribution in [3.05, 3.63) is 0 Å². The Labute approximate surface area is 69.9 Å². The molecule has 0 aliphatic carbocycles. The van der Waals surface area contributed by atoms with Crippen LogP contribution in [-0.4, -0.2) is 48.7 Å². The molecule has 0 spiro atoms. The van der Waals surface area contributed by atoms with Gasteiger partial charge in [0, 0.05) is 7.11 Å². The van der Waals surface area contributed by atoms with Gasteiger partial charge in [0.1, 0.15) is 12.4 Å². The van der Waals surface area contributed by atoms with Crippen LogP contribution in [0.2, 0.25) is 0 Å². The van der Waals surface area contributed by atoms with Gasteiger partial charge in [-0.1, -0.05) is 0 Å². The molecule has 1 aliphatic rings. The van der Waals surface area contributed by atoms with Crippen molar-refractivity contribution in [2.75, 3.05) is 13.7 Å². The van der Waals surface area contributed by atoms with Crippen LogP contribution in [0.5, 0.6) is 0 Å². The van der Waals surface area contributed by atoms with Crippen LogP contribution in [0.15, 0.2) is 0 Å². The minimum atomic E-state index is -1.09. The molecular formula is C7H12O5. The van der Waals surface area contributed by atoms with Crippen molar-refractivity contribution in [3.8, 4) is 0 Å². The lowest BCUT2D eigenvalue weighted by Gasteiger charge is -2.34. The summed E-state index contributed by atoms with van der Waals surface area (Å²) < 4.78 is 9.64. The van der Waals surface area contributed by atoms with E-state index >= 15 is 0 Å². The molecule has 1 fully saturated rings. The second kappa shape index (κ2) is 3.95. The van der Waals surface area contributed by atoms with Gasteiger partial charge in [-0.3, -0.25) is 0 Å². The predicted octanol–water partition coefficient (Wildman–Crippen LogP) is -1.47. The van der Waals surface area contributed by atoms with Crippen molar-refractivity contribution >= 4 is 6.29 Å². The molecule has 1 aliphatic heterocycles. The summed E-state index contributed by atoms with van der Waals surface area (Å²) in [4.78, 5) is 10.4. The molecular weight excluding hydrogens is 164 g/mol. The van der Waals surface area contributed by atoms with E-state index in [0.29, 0.717) is 6.29 Å². The maximum Gasteiger partial charge on any atom is 0.183 e. The molecule has 2 N–H and O–H groups in total. The molecule has 5 heteroatoms. The number of carbonyl (C=O) groups excluding carboxylic acids is 1. The van der Waals surface area contributed by atoms with Crippen LogP contribution >= 0.6 is 0 Å². The van der Waals surface area contributed by atoms with Gasteiger partial charge < -0.3 is 24.5 Å². The van der Waals surface area contributed by atoms with Gasteiger partial charge in [-0.05, 0) is 0 Å². The lowest BCUT2D eigenvalue weighted by molar-refractivity contribution is -0.241. The summed E-state index contributed by atoms with van der Waals surface area (Å²) in [5.41, 5.74) is 0. The van der Waals surface area contributed by atoms with Crippen LogP contribution in [0.1, 0.15) is 0 Å². The van der Waals surface area contributed by atoms with Gasteiger partial charge in [-0.25, -0.2) is 0 Å². The first-order valence-corrected chi connectivity index (χ1v) is 3.66. The lowest BCUT2D eigenvalue weighted by atomic mass is 9.95. The maximum absolute atomic E-state index is 10.4. The van der Waals surface area contributed by atoms with Gasteiger partial charge in [-0.2, -0.15) is 0 Å². The summed E-state index contributed by atoms with van der Waals surface area (Å²) in [7, 11) is 1.37. The highest BCUT2D eigenvalue weighted by Gasteiger charge is 2.38. The van der Waals surface area contributed by atoms with E-state index in [1.165, 1.54) is 7.11 Å². The molecule has 70 valence electrons. The van der Waals surface area contributed by atoms with Gasteiger partial charge in [-0.15, -0.1) is 0 Å². The first-order valence-electron chi connectivity index (χ1n) is 3.66. The number of rotatable bonds is 2. The molecule has 0 saturated carbocycles. The standard InChI is InChI=1S/C7H12O5/c1-11-7-6(10)4(2-8)5(9)3-12-7/h2,4-7,9-10H,3H2,1H3. The van der Waals surface area contributed by atoms with Crippen molar-refractivity contribution in [2.45, 2.75) is 18.5 Å². The summed E-state index contributed by atoms with van der Waals surface area (Å²) in [5, 5.41) is 18.5. The fourth-order valence-electron chi connectivity index (χ4n) is 1.19. The average Bonchev–Trinajstić information content (AvgIpc) is 2.06. The number of carbonyl (C=O) groups is 1. The number of hydrogen-bond acceptors (Lipinski definition) is 5. The molecule has 1 heterocycles. The zero-order valence-electron chi connectivity index (χ0n) is 6.71. The molecule has 5 nitrogen and oxygen atoms in total. The minimum absolute atomic E-state index is 0.0129. The summed E-state index contributed by atoms with van der Waals surface area (Å²) in [5.74, 6) is -0.816. The summed E-state index contributed by atoms with van der Waals surface area (Å²) in [6.45, 7) is 0.0129. The quantitative estimate of drug-likeness (QED) is 0.502. The number of hydrogen-bond donors (Lipinski definition) is 2. The molecule has 0 aromatic heterocycles. The molecule has 1 saturated heterocycles. The first-order chi connectivity index (χ1) is 5.70. The monoisotopic (exact) mass is 176 g/mol. The van der Waals surface area contributed by atoms with Crippen LogP contribution in [0, 0.1) is 5.92 Å². The lowest BCUT2D eigenvalue weighted by Crippen LogP contribution is -2.50. The topological polar surface area (TPSA) is 76.0 Å². The van der Waals surface area contributed by atoms with E-state index in [1.54, 1.807) is 0 Å². The second-order valence-electron chi connectivity index (χ2n) is 2.71. The molecule has 0 aromatic carbocycles. The van der Waals surface area contributed by atoms with Crippen LogP contribution in [0.25, 0.3) is 0 Å². The van der Waals surface area contributed by atoms with Gasteiger partial charge in [0.15, 0.2) is 6.29 Å². The third-order valence-electron chi connectivity index (χ3n) is 1.94. The highest BCUT2D eigenvalue weighted by atomic mass is 16.7. The van der Waals surface area contributed by atoms with Crippen LogP contribution in [0.3, 0.4) is 0 Å². The Kier molecular flexibility index (Phi) is 3.16.